The van der Waals surface area contributed by atoms with Crippen LogP contribution in [-0.4, -0.2) is 52.1 Å². The highest BCUT2D eigenvalue weighted by Crippen LogP contribution is 2.38. The van der Waals surface area contributed by atoms with E-state index in [9.17, 15) is 13.5 Å². The first kappa shape index (κ1) is 22.0. The highest BCUT2D eigenvalue weighted by Gasteiger charge is 2.38. The third kappa shape index (κ3) is 4.51. The van der Waals surface area contributed by atoms with E-state index in [4.69, 9.17) is 15.6 Å². The highest BCUT2D eigenvalue weighted by atomic mass is 32.2. The molecule has 0 spiro atoms. The van der Waals surface area contributed by atoms with E-state index in [1.807, 2.05) is 36.4 Å². The minimum atomic E-state index is -4.16. The number of benzene rings is 2. The Morgan fingerprint density at radius 1 is 1.21 bits per heavy atom. The average Bonchev–Trinajstić information content (AvgIpc) is 3.33. The van der Waals surface area contributed by atoms with Gasteiger partial charge in [-0.15, -0.1) is 0 Å². The monoisotopic (exact) mass is 488 g/mol. The molecule has 33 heavy (non-hydrogen) atoms. The SMILES string of the molecule is Nc1ncnc2c1c(Sc1ccc3ccccc3c1)nn2[C@H]1C[C@H](O)[C@H](COS(N)(=O)=O)O1. The minimum absolute atomic E-state index is 0.152. The largest absolute Gasteiger partial charge is 0.390 e. The van der Waals surface area contributed by atoms with Crippen molar-refractivity contribution in [2.75, 3.05) is 12.3 Å². The van der Waals surface area contributed by atoms with Crippen LogP contribution in [0.3, 0.4) is 0 Å². The lowest BCUT2D eigenvalue weighted by atomic mass is 10.1. The Labute approximate surface area is 193 Å². The molecule has 1 fully saturated rings. The molecule has 3 heterocycles. The van der Waals surface area contributed by atoms with Crippen LogP contribution in [0.1, 0.15) is 12.6 Å². The third-order valence-corrected chi connectivity index (χ3v) is 6.73. The van der Waals surface area contributed by atoms with Crippen LogP contribution in [0.4, 0.5) is 5.82 Å². The standard InChI is InChI=1S/C20H20N6O5S2/c21-18-17-19(24-10-23-18)26(16-8-14(27)15(31-16)9-30-33(22,28)29)25-20(17)32-13-6-5-11-3-1-2-4-12(11)7-13/h1-7,10,14-16,27H,8-9H2,(H2,21,23,24)(H2,22,28,29)/t14-,15-,16+/m0/s1. The van der Waals surface area contributed by atoms with Crippen molar-refractivity contribution in [3.05, 3.63) is 48.8 Å². The molecule has 172 valence electrons. The summed E-state index contributed by atoms with van der Waals surface area (Å²) in [7, 11) is -4.16. The Balaban J connectivity index is 1.47. The predicted octanol–water partition coefficient (Wildman–Crippen LogP) is 1.58. The normalized spacial score (nSPS) is 21.2. The number of fused-ring (bicyclic) bond motifs is 2. The van der Waals surface area contributed by atoms with Crippen LogP contribution < -0.4 is 10.9 Å². The number of anilines is 1. The molecule has 2 aromatic heterocycles. The van der Waals surface area contributed by atoms with Crippen LogP contribution in [0.25, 0.3) is 21.8 Å². The summed E-state index contributed by atoms with van der Waals surface area (Å²) in [6.07, 6.45) is -1.11. The zero-order valence-corrected chi connectivity index (χ0v) is 18.7. The maximum atomic E-state index is 11.1. The predicted molar refractivity (Wildman–Crippen MR) is 121 cm³/mol. The van der Waals surface area contributed by atoms with E-state index in [0.29, 0.717) is 16.1 Å². The van der Waals surface area contributed by atoms with Gasteiger partial charge in [0.15, 0.2) is 11.9 Å². The van der Waals surface area contributed by atoms with Crippen molar-refractivity contribution in [3.63, 3.8) is 0 Å². The zero-order chi connectivity index (χ0) is 23.2. The average molecular weight is 489 g/mol. The maximum absolute atomic E-state index is 11.1. The van der Waals surface area contributed by atoms with E-state index in [0.717, 1.165) is 15.7 Å². The van der Waals surface area contributed by atoms with E-state index in [2.05, 4.69) is 25.3 Å². The lowest BCUT2D eigenvalue weighted by molar-refractivity contribution is -0.0415. The number of hydrogen-bond donors (Lipinski definition) is 3. The van der Waals surface area contributed by atoms with Crippen LogP contribution in [0.5, 0.6) is 0 Å². The second-order valence-electron chi connectivity index (χ2n) is 7.53. The van der Waals surface area contributed by atoms with Crippen molar-refractivity contribution < 1.29 is 22.4 Å². The van der Waals surface area contributed by atoms with Gasteiger partial charge in [-0.3, -0.25) is 4.18 Å². The van der Waals surface area contributed by atoms with Gasteiger partial charge in [0.2, 0.25) is 0 Å². The number of aromatic nitrogens is 4. The number of aliphatic hydroxyl groups is 1. The van der Waals surface area contributed by atoms with Gasteiger partial charge in [0.05, 0.1) is 18.1 Å². The summed E-state index contributed by atoms with van der Waals surface area (Å²) in [5.74, 6) is 0.266. The van der Waals surface area contributed by atoms with Crippen molar-refractivity contribution in [3.8, 4) is 0 Å². The zero-order valence-electron chi connectivity index (χ0n) is 17.1. The fourth-order valence-corrected chi connectivity index (χ4v) is 5.05. The van der Waals surface area contributed by atoms with Gasteiger partial charge in [0, 0.05) is 11.3 Å². The van der Waals surface area contributed by atoms with Gasteiger partial charge >= 0.3 is 10.3 Å². The van der Waals surface area contributed by atoms with Gasteiger partial charge in [-0.25, -0.2) is 19.8 Å². The maximum Gasteiger partial charge on any atom is 0.333 e. The summed E-state index contributed by atoms with van der Waals surface area (Å²) in [5.41, 5.74) is 6.60. The van der Waals surface area contributed by atoms with Crippen molar-refractivity contribution in [2.24, 2.45) is 5.14 Å². The highest BCUT2D eigenvalue weighted by molar-refractivity contribution is 7.99. The van der Waals surface area contributed by atoms with Gasteiger partial charge in [-0.2, -0.15) is 13.5 Å². The molecule has 0 bridgehead atoms. The summed E-state index contributed by atoms with van der Waals surface area (Å²) in [6, 6.07) is 14.1. The van der Waals surface area contributed by atoms with E-state index < -0.39 is 35.3 Å². The molecule has 0 aliphatic carbocycles. The smallest absolute Gasteiger partial charge is 0.333 e. The Morgan fingerprint density at radius 3 is 2.79 bits per heavy atom. The number of nitrogens with two attached hydrogens (primary N) is 2. The molecule has 11 nitrogen and oxygen atoms in total. The molecule has 5 N–H and O–H groups in total. The molecule has 13 heteroatoms. The van der Waals surface area contributed by atoms with Gasteiger partial charge < -0.3 is 15.6 Å². The number of ether oxygens (including phenoxy) is 1. The molecular weight excluding hydrogens is 468 g/mol. The van der Waals surface area contributed by atoms with Gasteiger partial charge in [-0.05, 0) is 22.9 Å². The van der Waals surface area contributed by atoms with Gasteiger partial charge in [0.1, 0.15) is 23.3 Å². The molecule has 0 unspecified atom stereocenters. The summed E-state index contributed by atoms with van der Waals surface area (Å²) in [4.78, 5) is 9.37. The molecule has 0 amide bonds. The Morgan fingerprint density at radius 2 is 2.00 bits per heavy atom. The fourth-order valence-electron chi connectivity index (χ4n) is 3.75. The first-order valence-corrected chi connectivity index (χ1v) is 12.2. The second-order valence-corrected chi connectivity index (χ2v) is 9.81. The molecule has 0 radical (unpaired) electrons. The summed E-state index contributed by atoms with van der Waals surface area (Å²) in [5, 5.41) is 23.2. The van der Waals surface area contributed by atoms with Crippen LogP contribution in [0, 0.1) is 0 Å². The number of nitrogens with zero attached hydrogens (tertiary/aromatic N) is 4. The number of nitrogen functional groups attached to an aromatic ring is 1. The van der Waals surface area contributed by atoms with E-state index in [-0.39, 0.29) is 12.2 Å². The van der Waals surface area contributed by atoms with E-state index in [1.165, 1.54) is 22.8 Å². The first-order chi connectivity index (χ1) is 15.8. The number of hydrogen-bond acceptors (Lipinski definition) is 10. The van der Waals surface area contributed by atoms with Crippen molar-refractivity contribution >= 4 is 49.7 Å². The third-order valence-electron chi connectivity index (χ3n) is 5.29. The number of aliphatic hydroxyl groups excluding tert-OH is 1. The molecule has 4 aromatic rings. The van der Waals surface area contributed by atoms with Crippen molar-refractivity contribution in [1.29, 1.82) is 0 Å². The van der Waals surface area contributed by atoms with Gasteiger partial charge in [0.25, 0.3) is 0 Å². The molecule has 1 aliphatic rings. The van der Waals surface area contributed by atoms with E-state index in [1.54, 1.807) is 0 Å². The molecule has 3 atom stereocenters. The Kier molecular flexibility index (Phi) is 5.68. The van der Waals surface area contributed by atoms with Crippen LogP contribution in [-0.2, 0) is 19.2 Å². The van der Waals surface area contributed by atoms with Gasteiger partial charge in [-0.1, -0.05) is 42.1 Å². The molecule has 1 aliphatic heterocycles. The fraction of sp³-hybridized carbons (Fsp3) is 0.250. The Bertz CT molecular complexity index is 1440. The van der Waals surface area contributed by atoms with Crippen LogP contribution in [0.15, 0.2) is 58.7 Å². The van der Waals surface area contributed by atoms with Crippen LogP contribution >= 0.6 is 11.8 Å². The topological polar surface area (TPSA) is 168 Å². The van der Waals surface area contributed by atoms with E-state index >= 15 is 0 Å². The van der Waals surface area contributed by atoms with Crippen LogP contribution in [0.2, 0.25) is 0 Å². The minimum Gasteiger partial charge on any atom is -0.390 e. The number of rotatable bonds is 6. The summed E-state index contributed by atoms with van der Waals surface area (Å²) >= 11 is 1.41. The second kappa shape index (κ2) is 8.52. The van der Waals surface area contributed by atoms with Crippen molar-refractivity contribution in [2.45, 2.75) is 34.8 Å². The summed E-state index contributed by atoms with van der Waals surface area (Å²) < 4.78 is 34.1. The molecule has 1 saturated heterocycles. The molecule has 5 rings (SSSR count). The first-order valence-electron chi connectivity index (χ1n) is 9.94. The quantitative estimate of drug-likeness (QED) is 0.362. The molecule has 0 saturated carbocycles. The molecule has 2 aromatic carbocycles. The lowest BCUT2D eigenvalue weighted by Crippen LogP contribution is -2.30. The summed E-state index contributed by atoms with van der Waals surface area (Å²) in [6.45, 7) is -0.411. The lowest BCUT2D eigenvalue weighted by Gasteiger charge is -2.14. The van der Waals surface area contributed by atoms with Crippen molar-refractivity contribution in [1.82, 2.24) is 19.7 Å². The Hall–Kier alpha value is -2.81. The molecular formula is C20H20N6O5S2.